The summed E-state index contributed by atoms with van der Waals surface area (Å²) in [5, 5.41) is 3.18. The fraction of sp³-hybridized carbons (Fsp3) is 0.188. The molecule has 0 spiro atoms. The maximum atomic E-state index is 12.1. The van der Waals surface area contributed by atoms with Gasteiger partial charge in [-0.15, -0.1) is 0 Å². The van der Waals surface area contributed by atoms with Gasteiger partial charge in [-0.05, 0) is 29.7 Å². The summed E-state index contributed by atoms with van der Waals surface area (Å²) in [5.41, 5.74) is 8.86. The highest BCUT2D eigenvalue weighted by Gasteiger charge is 2.12. The van der Waals surface area contributed by atoms with E-state index in [0.29, 0.717) is 22.8 Å². The highest BCUT2D eigenvalue weighted by atomic mass is 35.5. The molecule has 0 aliphatic carbocycles. The number of halogens is 1. The molecule has 0 bridgehead atoms. The van der Waals surface area contributed by atoms with Crippen molar-refractivity contribution < 1.29 is 4.79 Å². The zero-order chi connectivity index (χ0) is 14.5. The summed E-state index contributed by atoms with van der Waals surface area (Å²) in [6.45, 7) is 2.57. The third-order valence-corrected chi connectivity index (χ3v) is 3.63. The van der Waals surface area contributed by atoms with Crippen LogP contribution in [-0.4, -0.2) is 5.91 Å². The van der Waals surface area contributed by atoms with Crippen LogP contribution in [0.4, 0.5) is 5.69 Å². The molecule has 0 aliphatic heterocycles. The summed E-state index contributed by atoms with van der Waals surface area (Å²) < 4.78 is 0. The van der Waals surface area contributed by atoms with Crippen LogP contribution in [0.2, 0.25) is 5.02 Å². The first kappa shape index (κ1) is 14.4. The van der Waals surface area contributed by atoms with Crippen LogP contribution in [0.1, 0.15) is 28.4 Å². The van der Waals surface area contributed by atoms with Crippen LogP contribution in [-0.2, 0) is 13.0 Å². The largest absolute Gasteiger partial charge is 0.398 e. The fourth-order valence-corrected chi connectivity index (χ4v) is 2.28. The maximum Gasteiger partial charge on any atom is 0.253 e. The molecule has 104 valence electrons. The molecule has 0 aliphatic rings. The number of nitrogens with one attached hydrogen (secondary N) is 1. The second-order valence-corrected chi connectivity index (χ2v) is 4.89. The van der Waals surface area contributed by atoms with Crippen molar-refractivity contribution in [2.24, 2.45) is 0 Å². The summed E-state index contributed by atoms with van der Waals surface area (Å²) in [4.78, 5) is 12.1. The number of nitrogen functional groups attached to an aromatic ring is 1. The van der Waals surface area contributed by atoms with Crippen LogP contribution in [0, 0.1) is 0 Å². The Morgan fingerprint density at radius 1 is 1.15 bits per heavy atom. The van der Waals surface area contributed by atoms with E-state index in [2.05, 4.69) is 18.3 Å². The van der Waals surface area contributed by atoms with Crippen molar-refractivity contribution in [2.45, 2.75) is 19.9 Å². The topological polar surface area (TPSA) is 55.1 Å². The van der Waals surface area contributed by atoms with Crippen molar-refractivity contribution >= 4 is 23.2 Å². The molecule has 0 aromatic heterocycles. The van der Waals surface area contributed by atoms with E-state index < -0.39 is 0 Å². The quantitative estimate of drug-likeness (QED) is 0.847. The number of nitrogens with two attached hydrogens (primary N) is 1. The van der Waals surface area contributed by atoms with E-state index in [4.69, 9.17) is 17.3 Å². The Bertz CT molecular complexity index is 626. The number of hydrogen-bond acceptors (Lipinski definition) is 2. The fourth-order valence-electron chi connectivity index (χ4n) is 2.07. The molecular weight excluding hydrogens is 272 g/mol. The second kappa shape index (κ2) is 6.44. The number of amides is 1. The van der Waals surface area contributed by atoms with E-state index in [-0.39, 0.29) is 5.91 Å². The SMILES string of the molecule is CCc1ccccc1CNC(=O)c1cccc(N)c1Cl. The number of rotatable bonds is 4. The van der Waals surface area contributed by atoms with Gasteiger partial charge in [-0.25, -0.2) is 0 Å². The first-order valence-corrected chi connectivity index (χ1v) is 6.90. The molecule has 0 fully saturated rings. The average Bonchev–Trinajstić information content (AvgIpc) is 2.48. The molecule has 3 N–H and O–H groups in total. The molecule has 2 rings (SSSR count). The number of benzene rings is 2. The summed E-state index contributed by atoms with van der Waals surface area (Å²) in [7, 11) is 0. The number of carbonyl (C=O) groups excluding carboxylic acids is 1. The van der Waals surface area contributed by atoms with E-state index >= 15 is 0 Å². The molecule has 20 heavy (non-hydrogen) atoms. The van der Waals surface area contributed by atoms with Crippen molar-refractivity contribution in [2.75, 3.05) is 5.73 Å². The van der Waals surface area contributed by atoms with Gasteiger partial charge in [0.2, 0.25) is 0 Å². The molecule has 0 unspecified atom stereocenters. The number of carbonyl (C=O) groups is 1. The Morgan fingerprint density at radius 2 is 1.85 bits per heavy atom. The van der Waals surface area contributed by atoms with Crippen molar-refractivity contribution in [3.8, 4) is 0 Å². The highest BCUT2D eigenvalue weighted by Crippen LogP contribution is 2.23. The third kappa shape index (κ3) is 3.11. The van der Waals surface area contributed by atoms with Crippen LogP contribution in [0.15, 0.2) is 42.5 Å². The Kier molecular flexibility index (Phi) is 4.64. The van der Waals surface area contributed by atoms with Crippen LogP contribution in [0.25, 0.3) is 0 Å². The Morgan fingerprint density at radius 3 is 2.55 bits per heavy atom. The lowest BCUT2D eigenvalue weighted by molar-refractivity contribution is 0.0951. The first-order valence-electron chi connectivity index (χ1n) is 6.52. The minimum absolute atomic E-state index is 0.215. The van der Waals surface area contributed by atoms with E-state index in [1.165, 1.54) is 5.56 Å². The zero-order valence-corrected chi connectivity index (χ0v) is 12.1. The molecule has 3 nitrogen and oxygen atoms in total. The second-order valence-electron chi connectivity index (χ2n) is 4.51. The standard InChI is InChI=1S/C16H17ClN2O/c1-2-11-6-3-4-7-12(11)10-19-16(20)13-8-5-9-14(18)15(13)17/h3-9H,2,10,18H2,1H3,(H,19,20). The summed E-state index contributed by atoms with van der Waals surface area (Å²) >= 11 is 6.04. The number of anilines is 1. The van der Waals surface area contributed by atoms with Gasteiger partial charge < -0.3 is 11.1 Å². The van der Waals surface area contributed by atoms with Gasteiger partial charge in [-0.1, -0.05) is 48.9 Å². The average molecular weight is 289 g/mol. The smallest absolute Gasteiger partial charge is 0.253 e. The summed E-state index contributed by atoms with van der Waals surface area (Å²) in [6, 6.07) is 13.1. The predicted octanol–water partition coefficient (Wildman–Crippen LogP) is 3.41. The van der Waals surface area contributed by atoms with Crippen LogP contribution in [0.5, 0.6) is 0 Å². The lowest BCUT2D eigenvalue weighted by Gasteiger charge is -2.10. The summed E-state index contributed by atoms with van der Waals surface area (Å²) in [6.07, 6.45) is 0.936. The van der Waals surface area contributed by atoms with Crippen molar-refractivity contribution in [1.82, 2.24) is 5.32 Å². The Labute approximate surface area is 123 Å². The van der Waals surface area contributed by atoms with Crippen molar-refractivity contribution in [3.63, 3.8) is 0 Å². The minimum atomic E-state index is -0.215. The Balaban J connectivity index is 2.11. The van der Waals surface area contributed by atoms with Gasteiger partial charge in [0.1, 0.15) is 0 Å². The van der Waals surface area contributed by atoms with E-state index in [0.717, 1.165) is 12.0 Å². The molecule has 0 atom stereocenters. The van der Waals surface area contributed by atoms with Crippen molar-refractivity contribution in [3.05, 3.63) is 64.2 Å². The molecule has 0 heterocycles. The first-order chi connectivity index (χ1) is 9.63. The highest BCUT2D eigenvalue weighted by molar-refractivity contribution is 6.36. The molecule has 2 aromatic carbocycles. The van der Waals surface area contributed by atoms with Gasteiger partial charge in [-0.2, -0.15) is 0 Å². The lowest BCUT2D eigenvalue weighted by atomic mass is 10.1. The van der Waals surface area contributed by atoms with Crippen LogP contribution >= 0.6 is 11.6 Å². The van der Waals surface area contributed by atoms with Gasteiger partial charge in [-0.3, -0.25) is 4.79 Å². The Hall–Kier alpha value is -2.00. The monoisotopic (exact) mass is 288 g/mol. The van der Waals surface area contributed by atoms with Crippen molar-refractivity contribution in [1.29, 1.82) is 0 Å². The number of hydrogen-bond donors (Lipinski definition) is 2. The van der Waals surface area contributed by atoms with Gasteiger partial charge in [0, 0.05) is 6.54 Å². The molecule has 2 aromatic rings. The number of aryl methyl sites for hydroxylation is 1. The van der Waals surface area contributed by atoms with Gasteiger partial charge in [0.05, 0.1) is 16.3 Å². The third-order valence-electron chi connectivity index (χ3n) is 3.21. The molecule has 0 saturated carbocycles. The predicted molar refractivity (Wildman–Crippen MR) is 82.9 cm³/mol. The van der Waals surface area contributed by atoms with E-state index in [9.17, 15) is 4.79 Å². The molecule has 4 heteroatoms. The minimum Gasteiger partial charge on any atom is -0.398 e. The van der Waals surface area contributed by atoms with Gasteiger partial charge >= 0.3 is 0 Å². The molecule has 0 saturated heterocycles. The maximum absolute atomic E-state index is 12.1. The zero-order valence-electron chi connectivity index (χ0n) is 11.3. The van der Waals surface area contributed by atoms with Crippen LogP contribution < -0.4 is 11.1 Å². The molecule has 0 radical (unpaired) electrons. The normalized spacial score (nSPS) is 10.3. The molecular formula is C16H17ClN2O. The van der Waals surface area contributed by atoms with E-state index in [1.54, 1.807) is 18.2 Å². The van der Waals surface area contributed by atoms with Gasteiger partial charge in [0.15, 0.2) is 0 Å². The molecule has 1 amide bonds. The summed E-state index contributed by atoms with van der Waals surface area (Å²) in [5.74, 6) is -0.215. The lowest BCUT2D eigenvalue weighted by Crippen LogP contribution is -2.23. The van der Waals surface area contributed by atoms with Crippen LogP contribution in [0.3, 0.4) is 0 Å². The van der Waals surface area contributed by atoms with E-state index in [1.807, 2.05) is 18.2 Å². The van der Waals surface area contributed by atoms with Gasteiger partial charge in [0.25, 0.3) is 5.91 Å².